The summed E-state index contributed by atoms with van der Waals surface area (Å²) >= 11 is 0. The van der Waals surface area contributed by atoms with Crippen LogP contribution >= 0.6 is 10.7 Å². The maximum absolute atomic E-state index is 11.7. The van der Waals surface area contributed by atoms with Crippen LogP contribution in [0.15, 0.2) is 34.1 Å². The van der Waals surface area contributed by atoms with Gasteiger partial charge in [0.2, 0.25) is 0 Å². The van der Waals surface area contributed by atoms with Gasteiger partial charge in [0.25, 0.3) is 9.05 Å². The molecule has 0 saturated carbocycles. The molecule has 0 aromatic heterocycles. The summed E-state index contributed by atoms with van der Waals surface area (Å²) in [5.74, 6) is -0.156. The second-order valence-electron chi connectivity index (χ2n) is 3.22. The van der Waals surface area contributed by atoms with Crippen molar-refractivity contribution < 1.29 is 21.6 Å². The zero-order chi connectivity index (χ0) is 13.1. The van der Waals surface area contributed by atoms with Crippen molar-refractivity contribution >= 4 is 29.6 Å². The van der Waals surface area contributed by atoms with Gasteiger partial charge in [0.05, 0.1) is 22.2 Å². The quantitative estimate of drug-likeness (QED) is 0.759. The Morgan fingerprint density at radius 2 is 1.53 bits per heavy atom. The number of hydrogen-bond acceptors (Lipinski definition) is 5. The summed E-state index contributed by atoms with van der Waals surface area (Å²) in [5.41, 5.74) is 0. The predicted molar refractivity (Wildman–Crippen MR) is 63.4 cm³/mol. The molecule has 0 bridgehead atoms. The van der Waals surface area contributed by atoms with Crippen LogP contribution in [0.3, 0.4) is 0 Å². The molecule has 1 aromatic rings. The lowest BCUT2D eigenvalue weighted by Gasteiger charge is -2.04. The normalized spacial score (nSPS) is 12.6. The molecule has 0 heterocycles. The summed E-state index contributed by atoms with van der Waals surface area (Å²) in [6.45, 7) is 0.0812. The number of rotatable bonds is 5. The Morgan fingerprint density at radius 3 is 1.94 bits per heavy atom. The number of methoxy groups -OCH3 is 1. The van der Waals surface area contributed by atoms with Gasteiger partial charge in [-0.3, -0.25) is 0 Å². The van der Waals surface area contributed by atoms with Crippen LogP contribution in [0.4, 0.5) is 0 Å². The van der Waals surface area contributed by atoms with E-state index in [4.69, 9.17) is 10.7 Å². The van der Waals surface area contributed by atoms with E-state index < -0.39 is 18.9 Å². The van der Waals surface area contributed by atoms with Crippen molar-refractivity contribution in [3.63, 3.8) is 0 Å². The van der Waals surface area contributed by atoms with Gasteiger partial charge in [-0.05, 0) is 24.3 Å². The molecule has 0 radical (unpaired) electrons. The molecule has 0 unspecified atom stereocenters. The van der Waals surface area contributed by atoms with E-state index >= 15 is 0 Å². The number of hydrogen-bond donors (Lipinski definition) is 0. The van der Waals surface area contributed by atoms with Gasteiger partial charge in [0, 0.05) is 17.8 Å². The second-order valence-corrected chi connectivity index (χ2v) is 7.90. The number of benzene rings is 1. The van der Waals surface area contributed by atoms with Crippen LogP contribution < -0.4 is 0 Å². The zero-order valence-electron chi connectivity index (χ0n) is 8.96. The maximum atomic E-state index is 11.7. The summed E-state index contributed by atoms with van der Waals surface area (Å²) < 4.78 is 50.0. The number of halogens is 1. The monoisotopic (exact) mass is 298 g/mol. The molecule has 5 nitrogen and oxygen atoms in total. The van der Waals surface area contributed by atoms with Crippen LogP contribution in [0, 0.1) is 0 Å². The molecule has 0 saturated heterocycles. The molecule has 1 aromatic carbocycles. The van der Waals surface area contributed by atoms with E-state index in [2.05, 4.69) is 4.74 Å². The van der Waals surface area contributed by atoms with Gasteiger partial charge in [-0.1, -0.05) is 0 Å². The molecular weight excluding hydrogens is 288 g/mol. The highest BCUT2D eigenvalue weighted by atomic mass is 35.7. The van der Waals surface area contributed by atoms with Crippen molar-refractivity contribution in [1.82, 2.24) is 0 Å². The van der Waals surface area contributed by atoms with E-state index in [1.807, 2.05) is 0 Å². The molecule has 0 atom stereocenters. The highest BCUT2D eigenvalue weighted by Gasteiger charge is 2.16. The lowest BCUT2D eigenvalue weighted by Crippen LogP contribution is -2.11. The Morgan fingerprint density at radius 1 is 1.06 bits per heavy atom. The van der Waals surface area contributed by atoms with Crippen molar-refractivity contribution in [2.75, 3.05) is 19.5 Å². The molecule has 17 heavy (non-hydrogen) atoms. The van der Waals surface area contributed by atoms with Gasteiger partial charge in [-0.2, -0.15) is 0 Å². The minimum atomic E-state index is -3.83. The summed E-state index contributed by atoms with van der Waals surface area (Å²) in [5, 5.41) is 0. The molecule has 8 heteroatoms. The van der Waals surface area contributed by atoms with E-state index in [0.29, 0.717) is 0 Å². The van der Waals surface area contributed by atoms with Gasteiger partial charge < -0.3 is 4.74 Å². The first kappa shape index (κ1) is 14.4. The summed E-state index contributed by atoms with van der Waals surface area (Å²) in [6, 6.07) is 4.73. The molecule has 0 spiro atoms. The van der Waals surface area contributed by atoms with E-state index in [1.165, 1.54) is 19.2 Å². The summed E-state index contributed by atoms with van der Waals surface area (Å²) in [4.78, 5) is -0.0940. The van der Waals surface area contributed by atoms with Gasteiger partial charge >= 0.3 is 0 Å². The first-order valence-corrected chi connectivity index (χ1v) is 8.50. The Hall–Kier alpha value is -0.630. The SMILES string of the molecule is COCCS(=O)(=O)c1ccc(S(=O)(=O)Cl)cc1. The zero-order valence-corrected chi connectivity index (χ0v) is 11.3. The van der Waals surface area contributed by atoms with Gasteiger partial charge in [-0.15, -0.1) is 0 Å². The highest BCUT2D eigenvalue weighted by Crippen LogP contribution is 2.18. The Bertz CT molecular complexity index is 574. The highest BCUT2D eigenvalue weighted by molar-refractivity contribution is 8.13. The number of sulfone groups is 1. The Kier molecular flexibility index (Phi) is 4.54. The molecular formula is C9H11ClO5S2. The first-order valence-electron chi connectivity index (χ1n) is 4.54. The first-order chi connectivity index (χ1) is 7.77. The van der Waals surface area contributed by atoms with Crippen LogP contribution in [0.5, 0.6) is 0 Å². The lowest BCUT2D eigenvalue weighted by atomic mass is 10.4. The van der Waals surface area contributed by atoms with Crippen molar-refractivity contribution in [1.29, 1.82) is 0 Å². The van der Waals surface area contributed by atoms with Gasteiger partial charge in [0.15, 0.2) is 9.84 Å². The van der Waals surface area contributed by atoms with Crippen LogP contribution in [0.25, 0.3) is 0 Å². The fraction of sp³-hybridized carbons (Fsp3) is 0.333. The van der Waals surface area contributed by atoms with Crippen molar-refractivity contribution in [3.05, 3.63) is 24.3 Å². The van der Waals surface area contributed by atoms with E-state index in [1.54, 1.807) is 0 Å². The molecule has 1 rings (SSSR count). The third kappa shape index (κ3) is 3.95. The Balaban J connectivity index is 3.03. The van der Waals surface area contributed by atoms with Gasteiger partial charge in [0.1, 0.15) is 0 Å². The topological polar surface area (TPSA) is 77.5 Å². The minimum Gasteiger partial charge on any atom is -0.384 e. The van der Waals surface area contributed by atoms with Crippen LogP contribution in [-0.2, 0) is 23.6 Å². The molecule has 0 fully saturated rings. The molecule has 96 valence electrons. The van der Waals surface area contributed by atoms with Crippen LogP contribution in [0.1, 0.15) is 0 Å². The minimum absolute atomic E-state index is 0.0404. The second kappa shape index (κ2) is 5.34. The average Bonchev–Trinajstić information content (AvgIpc) is 2.25. The predicted octanol–water partition coefficient (Wildman–Crippen LogP) is 1.03. The standard InChI is InChI=1S/C9H11ClO5S2/c1-15-6-7-16(11,12)8-2-4-9(5-3-8)17(10,13)14/h2-5H,6-7H2,1H3. The van der Waals surface area contributed by atoms with Crippen LogP contribution in [0.2, 0.25) is 0 Å². The largest absolute Gasteiger partial charge is 0.384 e. The fourth-order valence-electron chi connectivity index (χ4n) is 1.12. The van der Waals surface area contributed by atoms with Crippen LogP contribution in [-0.4, -0.2) is 36.3 Å². The van der Waals surface area contributed by atoms with E-state index in [0.717, 1.165) is 12.1 Å². The van der Waals surface area contributed by atoms with Crippen molar-refractivity contribution in [2.45, 2.75) is 9.79 Å². The van der Waals surface area contributed by atoms with E-state index in [-0.39, 0.29) is 22.2 Å². The summed E-state index contributed by atoms with van der Waals surface area (Å²) in [7, 11) is -0.764. The molecule has 0 aliphatic carbocycles. The molecule has 0 aliphatic rings. The maximum Gasteiger partial charge on any atom is 0.261 e. The van der Waals surface area contributed by atoms with E-state index in [9.17, 15) is 16.8 Å². The third-order valence-electron chi connectivity index (χ3n) is 2.02. The molecule has 0 amide bonds. The molecule has 0 aliphatic heterocycles. The van der Waals surface area contributed by atoms with Crippen molar-refractivity contribution in [2.24, 2.45) is 0 Å². The summed E-state index contributed by atoms with van der Waals surface area (Å²) in [6.07, 6.45) is 0. The average molecular weight is 299 g/mol. The number of ether oxygens (including phenoxy) is 1. The Labute approximate surface area is 105 Å². The fourth-order valence-corrected chi connectivity index (χ4v) is 3.06. The molecule has 0 N–H and O–H groups in total. The van der Waals surface area contributed by atoms with Crippen molar-refractivity contribution in [3.8, 4) is 0 Å². The van der Waals surface area contributed by atoms with Gasteiger partial charge in [-0.25, -0.2) is 16.8 Å². The third-order valence-corrected chi connectivity index (χ3v) is 5.08. The smallest absolute Gasteiger partial charge is 0.261 e. The lowest BCUT2D eigenvalue weighted by molar-refractivity contribution is 0.217.